The number of nitrogens with zero attached hydrogens (tertiary/aromatic N) is 1. The minimum absolute atomic E-state index is 0.257. The molecule has 1 aromatic rings. The summed E-state index contributed by atoms with van der Waals surface area (Å²) in [6.45, 7) is 3.84. The second-order valence-corrected chi connectivity index (χ2v) is 3.24. The van der Waals surface area contributed by atoms with Gasteiger partial charge in [-0.15, -0.1) is 0 Å². The van der Waals surface area contributed by atoms with Gasteiger partial charge in [0.1, 0.15) is 0 Å². The summed E-state index contributed by atoms with van der Waals surface area (Å²) < 4.78 is 0. The standard InChI is InChI=1S/C10H15NO/c1-8(9(2)12)7-10-5-3-4-6-11-10/h3-6,8-9,12H,7H2,1-2H3. The summed E-state index contributed by atoms with van der Waals surface area (Å²) in [6.07, 6.45) is 2.37. The van der Waals surface area contributed by atoms with Crippen molar-refractivity contribution >= 4 is 0 Å². The van der Waals surface area contributed by atoms with Crippen LogP contribution in [0.2, 0.25) is 0 Å². The molecule has 0 radical (unpaired) electrons. The summed E-state index contributed by atoms with van der Waals surface area (Å²) in [7, 11) is 0. The lowest BCUT2D eigenvalue weighted by Gasteiger charge is -2.13. The van der Waals surface area contributed by atoms with Gasteiger partial charge in [-0.25, -0.2) is 0 Å². The molecule has 66 valence electrons. The van der Waals surface area contributed by atoms with E-state index in [0.717, 1.165) is 12.1 Å². The van der Waals surface area contributed by atoms with Crippen molar-refractivity contribution in [2.24, 2.45) is 5.92 Å². The first-order valence-electron chi connectivity index (χ1n) is 4.28. The van der Waals surface area contributed by atoms with Gasteiger partial charge in [-0.1, -0.05) is 13.0 Å². The Morgan fingerprint density at radius 2 is 2.17 bits per heavy atom. The molecule has 0 spiro atoms. The molecule has 0 fully saturated rings. The zero-order valence-electron chi connectivity index (χ0n) is 7.57. The van der Waals surface area contributed by atoms with Crippen molar-refractivity contribution in [2.45, 2.75) is 26.4 Å². The van der Waals surface area contributed by atoms with E-state index < -0.39 is 0 Å². The van der Waals surface area contributed by atoms with Crippen molar-refractivity contribution < 1.29 is 5.11 Å². The Morgan fingerprint density at radius 3 is 2.67 bits per heavy atom. The molecular formula is C10H15NO. The van der Waals surface area contributed by atoms with Crippen LogP contribution in [-0.4, -0.2) is 16.2 Å². The molecule has 2 nitrogen and oxygen atoms in total. The van der Waals surface area contributed by atoms with E-state index >= 15 is 0 Å². The Balaban J connectivity index is 2.53. The topological polar surface area (TPSA) is 33.1 Å². The van der Waals surface area contributed by atoms with Gasteiger partial charge in [-0.3, -0.25) is 4.98 Å². The number of hydrogen-bond acceptors (Lipinski definition) is 2. The van der Waals surface area contributed by atoms with Crippen molar-refractivity contribution in [2.75, 3.05) is 0 Å². The molecule has 0 aromatic carbocycles. The maximum Gasteiger partial charge on any atom is 0.0541 e. The van der Waals surface area contributed by atoms with Crippen LogP contribution in [0.25, 0.3) is 0 Å². The molecule has 0 aliphatic rings. The van der Waals surface area contributed by atoms with E-state index in [-0.39, 0.29) is 12.0 Å². The fourth-order valence-electron chi connectivity index (χ4n) is 1.02. The summed E-state index contributed by atoms with van der Waals surface area (Å²) in [4.78, 5) is 4.19. The van der Waals surface area contributed by atoms with E-state index in [0.29, 0.717) is 0 Å². The third kappa shape index (κ3) is 2.62. The van der Waals surface area contributed by atoms with E-state index in [1.165, 1.54) is 0 Å². The number of hydrogen-bond donors (Lipinski definition) is 1. The highest BCUT2D eigenvalue weighted by molar-refractivity contribution is 5.04. The maximum atomic E-state index is 9.25. The molecule has 2 heteroatoms. The summed E-state index contributed by atoms with van der Waals surface area (Å²) >= 11 is 0. The molecule has 1 aromatic heterocycles. The molecular weight excluding hydrogens is 150 g/mol. The van der Waals surface area contributed by atoms with Crippen LogP contribution >= 0.6 is 0 Å². The van der Waals surface area contributed by atoms with Gasteiger partial charge >= 0.3 is 0 Å². The average Bonchev–Trinajstić information content (AvgIpc) is 2.06. The fraction of sp³-hybridized carbons (Fsp3) is 0.500. The minimum atomic E-state index is -0.257. The van der Waals surface area contributed by atoms with E-state index in [9.17, 15) is 5.11 Å². The Morgan fingerprint density at radius 1 is 1.42 bits per heavy atom. The molecule has 1 heterocycles. The number of aliphatic hydroxyl groups is 1. The zero-order chi connectivity index (χ0) is 8.97. The van der Waals surface area contributed by atoms with E-state index in [4.69, 9.17) is 0 Å². The molecule has 0 aliphatic heterocycles. The van der Waals surface area contributed by atoms with E-state index in [1.807, 2.05) is 32.0 Å². The number of aliphatic hydroxyl groups excluding tert-OH is 1. The number of aromatic nitrogens is 1. The second-order valence-electron chi connectivity index (χ2n) is 3.24. The molecule has 2 unspecified atom stereocenters. The number of rotatable bonds is 3. The van der Waals surface area contributed by atoms with Crippen LogP contribution in [-0.2, 0) is 6.42 Å². The molecule has 0 saturated carbocycles. The average molecular weight is 165 g/mol. The van der Waals surface area contributed by atoms with Gasteiger partial charge in [0.2, 0.25) is 0 Å². The van der Waals surface area contributed by atoms with Crippen molar-refractivity contribution in [3.63, 3.8) is 0 Å². The Labute approximate surface area is 73.3 Å². The van der Waals surface area contributed by atoms with E-state index in [2.05, 4.69) is 4.98 Å². The molecule has 0 amide bonds. The van der Waals surface area contributed by atoms with Crippen molar-refractivity contribution in [1.29, 1.82) is 0 Å². The van der Waals surface area contributed by atoms with Crippen LogP contribution in [0.5, 0.6) is 0 Å². The zero-order valence-corrected chi connectivity index (χ0v) is 7.57. The van der Waals surface area contributed by atoms with Crippen molar-refractivity contribution in [3.05, 3.63) is 30.1 Å². The molecule has 1 N–H and O–H groups in total. The quantitative estimate of drug-likeness (QED) is 0.738. The predicted octanol–water partition coefficient (Wildman–Crippen LogP) is 1.64. The minimum Gasteiger partial charge on any atom is -0.393 e. The number of pyridine rings is 1. The largest absolute Gasteiger partial charge is 0.393 e. The highest BCUT2D eigenvalue weighted by Crippen LogP contribution is 2.09. The van der Waals surface area contributed by atoms with Gasteiger partial charge in [0.15, 0.2) is 0 Å². The van der Waals surface area contributed by atoms with Gasteiger partial charge in [0, 0.05) is 11.9 Å². The highest BCUT2D eigenvalue weighted by Gasteiger charge is 2.09. The van der Waals surface area contributed by atoms with Crippen LogP contribution in [0.4, 0.5) is 0 Å². The Bertz CT molecular complexity index is 221. The van der Waals surface area contributed by atoms with Gasteiger partial charge < -0.3 is 5.11 Å². The Kier molecular flexibility index (Phi) is 3.23. The lowest BCUT2D eigenvalue weighted by molar-refractivity contribution is 0.134. The van der Waals surface area contributed by atoms with Crippen LogP contribution in [0.3, 0.4) is 0 Å². The smallest absolute Gasteiger partial charge is 0.0541 e. The van der Waals surface area contributed by atoms with Crippen molar-refractivity contribution in [1.82, 2.24) is 4.98 Å². The SMILES string of the molecule is CC(O)C(C)Cc1ccccn1. The summed E-state index contributed by atoms with van der Waals surface area (Å²) in [6, 6.07) is 5.85. The molecule has 2 atom stereocenters. The van der Waals surface area contributed by atoms with Gasteiger partial charge in [0.05, 0.1) is 6.10 Å². The molecule has 0 saturated heterocycles. The van der Waals surface area contributed by atoms with Crippen LogP contribution in [0.1, 0.15) is 19.5 Å². The highest BCUT2D eigenvalue weighted by atomic mass is 16.3. The molecule has 0 aliphatic carbocycles. The summed E-state index contributed by atoms with van der Waals surface area (Å²) in [5, 5.41) is 9.25. The fourth-order valence-corrected chi connectivity index (χ4v) is 1.02. The first kappa shape index (κ1) is 9.20. The van der Waals surface area contributed by atoms with Crippen molar-refractivity contribution in [3.8, 4) is 0 Å². The van der Waals surface area contributed by atoms with Crippen LogP contribution < -0.4 is 0 Å². The third-order valence-electron chi connectivity index (χ3n) is 2.08. The van der Waals surface area contributed by atoms with Gasteiger partial charge in [-0.05, 0) is 31.4 Å². The summed E-state index contributed by atoms with van der Waals surface area (Å²) in [5.74, 6) is 0.278. The molecule has 12 heavy (non-hydrogen) atoms. The van der Waals surface area contributed by atoms with Gasteiger partial charge in [0.25, 0.3) is 0 Å². The first-order chi connectivity index (χ1) is 5.70. The predicted molar refractivity (Wildman–Crippen MR) is 48.8 cm³/mol. The third-order valence-corrected chi connectivity index (χ3v) is 2.08. The first-order valence-corrected chi connectivity index (χ1v) is 4.28. The second kappa shape index (κ2) is 4.21. The normalized spacial score (nSPS) is 15.6. The lowest BCUT2D eigenvalue weighted by atomic mass is 10.0. The van der Waals surface area contributed by atoms with Crippen LogP contribution in [0.15, 0.2) is 24.4 Å². The van der Waals surface area contributed by atoms with E-state index in [1.54, 1.807) is 6.20 Å². The molecule has 0 bridgehead atoms. The van der Waals surface area contributed by atoms with Crippen LogP contribution in [0, 0.1) is 5.92 Å². The maximum absolute atomic E-state index is 9.25. The summed E-state index contributed by atoms with van der Waals surface area (Å²) in [5.41, 5.74) is 1.05. The monoisotopic (exact) mass is 165 g/mol. The molecule has 1 rings (SSSR count). The Hall–Kier alpha value is -0.890. The lowest BCUT2D eigenvalue weighted by Crippen LogP contribution is -2.15. The van der Waals surface area contributed by atoms with Gasteiger partial charge in [-0.2, -0.15) is 0 Å².